The van der Waals surface area contributed by atoms with Gasteiger partial charge in [0.25, 0.3) is 0 Å². The Morgan fingerprint density at radius 3 is 2.74 bits per heavy atom. The van der Waals surface area contributed by atoms with E-state index in [-0.39, 0.29) is 0 Å². The van der Waals surface area contributed by atoms with Crippen LogP contribution in [0.4, 0.5) is 0 Å². The highest BCUT2D eigenvalue weighted by Crippen LogP contribution is 2.22. The number of methoxy groups -OCH3 is 1. The fourth-order valence-electron chi connectivity index (χ4n) is 3.06. The molecule has 2 rings (SSSR count). The lowest BCUT2D eigenvalue weighted by molar-refractivity contribution is 0.170. The number of hydrogen-bond donors (Lipinski definition) is 1. The van der Waals surface area contributed by atoms with Gasteiger partial charge in [-0.05, 0) is 37.9 Å². The summed E-state index contributed by atoms with van der Waals surface area (Å²) >= 11 is 0. The predicted molar refractivity (Wildman–Crippen MR) is 79.6 cm³/mol. The molecule has 1 aromatic carbocycles. The third kappa shape index (κ3) is 3.71. The van der Waals surface area contributed by atoms with E-state index in [4.69, 9.17) is 10.5 Å². The van der Waals surface area contributed by atoms with Crippen LogP contribution in [0.25, 0.3) is 0 Å². The molecule has 2 unspecified atom stereocenters. The number of hydrogen-bond acceptors (Lipinski definition) is 3. The first-order valence-corrected chi connectivity index (χ1v) is 7.30. The van der Waals surface area contributed by atoms with Crippen molar-refractivity contribution in [3.8, 4) is 5.75 Å². The minimum absolute atomic E-state index is 0.344. The third-order valence-electron chi connectivity index (χ3n) is 4.27. The van der Waals surface area contributed by atoms with Crippen molar-refractivity contribution in [2.45, 2.75) is 44.2 Å². The van der Waals surface area contributed by atoms with Crippen LogP contribution >= 0.6 is 0 Å². The fraction of sp³-hybridized carbons (Fsp3) is 0.625. The van der Waals surface area contributed by atoms with Crippen LogP contribution in [0.3, 0.4) is 0 Å². The Balaban J connectivity index is 1.90. The molecule has 3 nitrogen and oxygen atoms in total. The molecule has 19 heavy (non-hydrogen) atoms. The van der Waals surface area contributed by atoms with Gasteiger partial charge in [-0.3, -0.25) is 0 Å². The minimum atomic E-state index is 0.344. The molecule has 0 amide bonds. The van der Waals surface area contributed by atoms with Gasteiger partial charge < -0.3 is 15.4 Å². The highest BCUT2D eigenvalue weighted by molar-refractivity contribution is 5.33. The maximum atomic E-state index is 6.24. The van der Waals surface area contributed by atoms with Crippen molar-refractivity contribution in [1.29, 1.82) is 0 Å². The molecular weight excluding hydrogens is 236 g/mol. The Kier molecular flexibility index (Phi) is 5.23. The molecule has 3 heteroatoms. The summed E-state index contributed by atoms with van der Waals surface area (Å²) in [7, 11) is 3.94. The Labute approximate surface area is 116 Å². The molecule has 1 saturated carbocycles. The number of nitrogens with two attached hydrogens (primary N) is 1. The molecule has 0 spiro atoms. The van der Waals surface area contributed by atoms with Gasteiger partial charge in [-0.25, -0.2) is 0 Å². The summed E-state index contributed by atoms with van der Waals surface area (Å²) < 4.78 is 5.40. The van der Waals surface area contributed by atoms with Crippen LogP contribution in [0.15, 0.2) is 24.3 Å². The van der Waals surface area contributed by atoms with E-state index in [2.05, 4.69) is 24.1 Å². The summed E-state index contributed by atoms with van der Waals surface area (Å²) in [6, 6.07) is 9.16. The Bertz CT molecular complexity index is 394. The number of ether oxygens (including phenoxy) is 1. The molecule has 0 heterocycles. The van der Waals surface area contributed by atoms with Gasteiger partial charge in [0.2, 0.25) is 0 Å². The summed E-state index contributed by atoms with van der Waals surface area (Å²) in [4.78, 5) is 2.43. The summed E-state index contributed by atoms with van der Waals surface area (Å²) in [5.41, 5.74) is 7.52. The van der Waals surface area contributed by atoms with Gasteiger partial charge in [-0.1, -0.05) is 31.0 Å². The number of likely N-dealkylation sites (N-methyl/N-ethyl adjacent to an activating group) is 1. The van der Waals surface area contributed by atoms with Crippen molar-refractivity contribution >= 4 is 0 Å². The number of benzene rings is 1. The van der Waals surface area contributed by atoms with Gasteiger partial charge in [0.05, 0.1) is 7.11 Å². The highest BCUT2D eigenvalue weighted by Gasteiger charge is 2.25. The normalized spacial score (nSPS) is 23.6. The van der Waals surface area contributed by atoms with Gasteiger partial charge in [-0.2, -0.15) is 0 Å². The maximum absolute atomic E-state index is 6.24. The van der Waals surface area contributed by atoms with Gasteiger partial charge in [0.1, 0.15) is 5.75 Å². The summed E-state index contributed by atoms with van der Waals surface area (Å²) in [5.74, 6) is 0.990. The number of rotatable bonds is 5. The molecule has 1 aliphatic carbocycles. The number of nitrogens with zero attached hydrogens (tertiary/aromatic N) is 1. The Morgan fingerprint density at radius 1 is 1.26 bits per heavy atom. The zero-order valence-electron chi connectivity index (χ0n) is 12.1. The first-order chi connectivity index (χ1) is 9.22. The van der Waals surface area contributed by atoms with Crippen molar-refractivity contribution in [1.82, 2.24) is 4.90 Å². The smallest absolute Gasteiger partial charge is 0.122 e. The summed E-state index contributed by atoms with van der Waals surface area (Å²) in [5, 5.41) is 0. The van der Waals surface area contributed by atoms with E-state index in [0.29, 0.717) is 12.1 Å². The molecule has 2 N–H and O–H groups in total. The van der Waals surface area contributed by atoms with E-state index in [9.17, 15) is 0 Å². The second-order valence-corrected chi connectivity index (χ2v) is 5.56. The second-order valence-electron chi connectivity index (χ2n) is 5.56. The van der Waals surface area contributed by atoms with Crippen molar-refractivity contribution in [3.63, 3.8) is 0 Å². The first-order valence-electron chi connectivity index (χ1n) is 7.30. The van der Waals surface area contributed by atoms with Gasteiger partial charge >= 0.3 is 0 Å². The van der Waals surface area contributed by atoms with Crippen LogP contribution in [0.2, 0.25) is 0 Å². The van der Waals surface area contributed by atoms with Crippen molar-refractivity contribution in [3.05, 3.63) is 29.8 Å². The molecule has 106 valence electrons. The molecule has 1 aromatic rings. The van der Waals surface area contributed by atoms with Gasteiger partial charge in [-0.15, -0.1) is 0 Å². The van der Waals surface area contributed by atoms with Gasteiger partial charge in [0.15, 0.2) is 0 Å². The minimum Gasteiger partial charge on any atom is -0.496 e. The van der Waals surface area contributed by atoms with Crippen molar-refractivity contribution in [2.75, 3.05) is 20.7 Å². The van der Waals surface area contributed by atoms with Crippen LogP contribution in [0.1, 0.15) is 31.2 Å². The molecular formula is C16H26N2O. The van der Waals surface area contributed by atoms with E-state index in [1.165, 1.54) is 31.2 Å². The zero-order valence-corrected chi connectivity index (χ0v) is 12.1. The highest BCUT2D eigenvalue weighted by atomic mass is 16.5. The fourth-order valence-corrected chi connectivity index (χ4v) is 3.06. The predicted octanol–water partition coefficient (Wildman–Crippen LogP) is 2.44. The standard InChI is InChI=1S/C16H26N2O/c1-18(15-9-5-4-8-14(15)17)12-11-13-7-3-6-10-16(13)19-2/h3,6-7,10,14-15H,4-5,8-9,11-12,17H2,1-2H3. The molecule has 2 atom stereocenters. The molecule has 1 aliphatic rings. The van der Waals surface area contributed by atoms with E-state index in [1.807, 2.05) is 12.1 Å². The van der Waals surface area contributed by atoms with E-state index in [0.717, 1.165) is 18.7 Å². The van der Waals surface area contributed by atoms with Crippen LogP contribution < -0.4 is 10.5 Å². The zero-order chi connectivity index (χ0) is 13.7. The topological polar surface area (TPSA) is 38.5 Å². The van der Waals surface area contributed by atoms with Crippen molar-refractivity contribution < 1.29 is 4.74 Å². The van der Waals surface area contributed by atoms with Gasteiger partial charge in [0, 0.05) is 18.6 Å². The SMILES string of the molecule is COc1ccccc1CCN(C)C1CCCCC1N. The largest absolute Gasteiger partial charge is 0.496 e. The van der Waals surface area contributed by atoms with Crippen molar-refractivity contribution in [2.24, 2.45) is 5.73 Å². The lowest BCUT2D eigenvalue weighted by atomic mass is 9.90. The first kappa shape index (κ1) is 14.4. The lowest BCUT2D eigenvalue weighted by Gasteiger charge is -2.36. The molecule has 0 bridgehead atoms. The monoisotopic (exact) mass is 262 g/mol. The third-order valence-corrected chi connectivity index (χ3v) is 4.27. The van der Waals surface area contributed by atoms with Crippen LogP contribution in [0, 0.1) is 0 Å². The molecule has 0 saturated heterocycles. The molecule has 1 fully saturated rings. The van der Waals surface area contributed by atoms with E-state index < -0.39 is 0 Å². The van der Waals surface area contributed by atoms with Crippen LogP contribution in [-0.2, 0) is 6.42 Å². The molecule has 0 radical (unpaired) electrons. The average molecular weight is 262 g/mol. The summed E-state index contributed by atoms with van der Waals surface area (Å²) in [6.07, 6.45) is 6.03. The maximum Gasteiger partial charge on any atom is 0.122 e. The van der Waals surface area contributed by atoms with Crippen LogP contribution in [0.5, 0.6) is 5.75 Å². The number of para-hydroxylation sites is 1. The quantitative estimate of drug-likeness (QED) is 0.886. The van der Waals surface area contributed by atoms with Crippen LogP contribution in [-0.4, -0.2) is 37.7 Å². The summed E-state index contributed by atoms with van der Waals surface area (Å²) in [6.45, 7) is 1.04. The Hall–Kier alpha value is -1.06. The van der Waals surface area contributed by atoms with E-state index >= 15 is 0 Å². The second kappa shape index (κ2) is 6.92. The lowest BCUT2D eigenvalue weighted by Crippen LogP contribution is -2.48. The van der Waals surface area contributed by atoms with E-state index in [1.54, 1.807) is 7.11 Å². The Morgan fingerprint density at radius 2 is 2.00 bits per heavy atom. The average Bonchev–Trinajstić information content (AvgIpc) is 2.45. The molecule has 0 aliphatic heterocycles. The molecule has 0 aromatic heterocycles.